The van der Waals surface area contributed by atoms with Gasteiger partial charge in [-0.25, -0.2) is 4.98 Å². The number of nitrogens with zero attached hydrogens (tertiary/aromatic N) is 4. The Kier molecular flexibility index (Phi) is 3.53. The summed E-state index contributed by atoms with van der Waals surface area (Å²) in [4.78, 5) is 3.86. The number of hydrogen-bond acceptors (Lipinski definition) is 3. The first-order valence-corrected chi connectivity index (χ1v) is 5.71. The molecule has 1 aromatic heterocycles. The summed E-state index contributed by atoms with van der Waals surface area (Å²) in [6.45, 7) is 0.344. The largest absolute Gasteiger partial charge is 0.317 e. The number of halogens is 2. The van der Waals surface area contributed by atoms with Crippen molar-refractivity contribution in [3.05, 3.63) is 51.5 Å². The van der Waals surface area contributed by atoms with Gasteiger partial charge in [-0.05, 0) is 11.6 Å². The molecule has 1 aromatic carbocycles. The molecule has 0 bridgehead atoms. The van der Waals surface area contributed by atoms with Crippen molar-refractivity contribution in [3.8, 4) is 12.1 Å². The topological polar surface area (TPSA) is 65.4 Å². The van der Waals surface area contributed by atoms with Gasteiger partial charge in [-0.2, -0.15) is 10.5 Å². The molecule has 0 N–H and O–H groups in total. The second kappa shape index (κ2) is 5.10. The first kappa shape index (κ1) is 12.4. The number of hydrogen-bond donors (Lipinski definition) is 0. The Bertz CT molecular complexity index is 676. The lowest BCUT2D eigenvalue weighted by molar-refractivity contribution is 0.786. The van der Waals surface area contributed by atoms with Crippen LogP contribution < -0.4 is 0 Å². The number of imidazole rings is 1. The Morgan fingerprint density at radius 3 is 2.67 bits per heavy atom. The third kappa shape index (κ3) is 2.17. The molecule has 0 aliphatic heterocycles. The third-order valence-electron chi connectivity index (χ3n) is 2.42. The molecule has 18 heavy (non-hydrogen) atoms. The molecule has 2 aromatic rings. The van der Waals surface area contributed by atoms with Crippen molar-refractivity contribution in [1.29, 1.82) is 10.5 Å². The van der Waals surface area contributed by atoms with E-state index in [1.54, 1.807) is 22.8 Å². The van der Waals surface area contributed by atoms with Crippen LogP contribution in [0.5, 0.6) is 0 Å². The molecule has 88 valence electrons. The minimum atomic E-state index is 0.107. The Labute approximate surface area is 114 Å². The summed E-state index contributed by atoms with van der Waals surface area (Å²) in [5, 5.41) is 18.7. The molecule has 0 atom stereocenters. The Balaban J connectivity index is 2.42. The molecule has 0 fully saturated rings. The van der Waals surface area contributed by atoms with Crippen molar-refractivity contribution in [3.63, 3.8) is 0 Å². The van der Waals surface area contributed by atoms with Crippen LogP contribution in [0.3, 0.4) is 0 Å². The molecular formula is C12H6Cl2N4. The van der Waals surface area contributed by atoms with Crippen molar-refractivity contribution >= 4 is 23.2 Å². The van der Waals surface area contributed by atoms with Gasteiger partial charge in [0.05, 0.1) is 22.9 Å². The number of aromatic nitrogens is 2. The molecule has 0 saturated carbocycles. The van der Waals surface area contributed by atoms with E-state index < -0.39 is 0 Å². The van der Waals surface area contributed by atoms with E-state index >= 15 is 0 Å². The predicted molar refractivity (Wildman–Crippen MR) is 67.2 cm³/mol. The van der Waals surface area contributed by atoms with Crippen LogP contribution in [0.1, 0.15) is 17.0 Å². The lowest BCUT2D eigenvalue weighted by atomic mass is 10.2. The highest BCUT2D eigenvalue weighted by molar-refractivity contribution is 6.42. The molecule has 6 heteroatoms. The van der Waals surface area contributed by atoms with Crippen LogP contribution in [0.4, 0.5) is 0 Å². The minimum Gasteiger partial charge on any atom is -0.317 e. The maximum atomic E-state index is 9.00. The van der Waals surface area contributed by atoms with Crippen molar-refractivity contribution in [2.45, 2.75) is 6.54 Å². The summed E-state index contributed by atoms with van der Waals surface area (Å²) in [6.07, 6.45) is 1.44. The Hall–Kier alpha value is -2.01. The van der Waals surface area contributed by atoms with E-state index in [0.717, 1.165) is 5.56 Å². The first-order valence-electron chi connectivity index (χ1n) is 4.95. The van der Waals surface area contributed by atoms with Gasteiger partial charge in [0, 0.05) is 0 Å². The molecule has 0 spiro atoms. The lowest BCUT2D eigenvalue weighted by Crippen LogP contribution is -2.02. The van der Waals surface area contributed by atoms with Crippen LogP contribution in [0, 0.1) is 22.7 Å². The molecule has 0 aliphatic rings. The van der Waals surface area contributed by atoms with E-state index in [2.05, 4.69) is 4.98 Å². The molecule has 1 heterocycles. The van der Waals surface area contributed by atoms with E-state index in [-0.39, 0.29) is 11.4 Å². The molecular weight excluding hydrogens is 271 g/mol. The van der Waals surface area contributed by atoms with Gasteiger partial charge in [0.1, 0.15) is 12.1 Å². The SMILES string of the molecule is N#Cc1ncn(Cc2cccc(Cl)c2Cl)c1C#N. The average molecular weight is 277 g/mol. The molecule has 0 radical (unpaired) electrons. The zero-order chi connectivity index (χ0) is 13.1. The van der Waals surface area contributed by atoms with Crippen molar-refractivity contribution in [1.82, 2.24) is 9.55 Å². The van der Waals surface area contributed by atoms with Gasteiger partial charge in [0.15, 0.2) is 11.4 Å². The van der Waals surface area contributed by atoms with E-state index in [9.17, 15) is 0 Å². The summed E-state index contributed by atoms with van der Waals surface area (Å²) >= 11 is 12.0. The third-order valence-corrected chi connectivity index (χ3v) is 3.28. The van der Waals surface area contributed by atoms with Gasteiger partial charge in [0.25, 0.3) is 0 Å². The summed E-state index contributed by atoms with van der Waals surface area (Å²) in [5.41, 5.74) is 1.09. The molecule has 0 unspecified atom stereocenters. The maximum absolute atomic E-state index is 9.00. The van der Waals surface area contributed by atoms with Crippen LogP contribution >= 0.6 is 23.2 Å². The highest BCUT2D eigenvalue weighted by Gasteiger charge is 2.12. The Morgan fingerprint density at radius 1 is 1.22 bits per heavy atom. The monoisotopic (exact) mass is 276 g/mol. The smallest absolute Gasteiger partial charge is 0.176 e. The second-order valence-corrected chi connectivity index (χ2v) is 4.29. The maximum Gasteiger partial charge on any atom is 0.176 e. The van der Waals surface area contributed by atoms with Crippen LogP contribution in [-0.2, 0) is 6.54 Å². The van der Waals surface area contributed by atoms with Gasteiger partial charge in [0.2, 0.25) is 0 Å². The van der Waals surface area contributed by atoms with Crippen molar-refractivity contribution in [2.75, 3.05) is 0 Å². The van der Waals surface area contributed by atoms with Gasteiger partial charge in [-0.1, -0.05) is 35.3 Å². The van der Waals surface area contributed by atoms with Gasteiger partial charge in [-0.15, -0.1) is 0 Å². The molecule has 0 aliphatic carbocycles. The fraction of sp³-hybridized carbons (Fsp3) is 0.0833. The zero-order valence-electron chi connectivity index (χ0n) is 9.06. The quantitative estimate of drug-likeness (QED) is 0.847. The van der Waals surface area contributed by atoms with E-state index in [0.29, 0.717) is 16.6 Å². The van der Waals surface area contributed by atoms with Gasteiger partial charge < -0.3 is 4.57 Å². The van der Waals surface area contributed by atoms with Crippen LogP contribution in [0.15, 0.2) is 24.5 Å². The lowest BCUT2D eigenvalue weighted by Gasteiger charge is -2.07. The van der Waals surface area contributed by atoms with E-state index in [1.807, 2.05) is 12.1 Å². The first-order chi connectivity index (χ1) is 8.67. The summed E-state index contributed by atoms with van der Waals surface area (Å²) in [5.74, 6) is 0. The normalized spacial score (nSPS) is 9.78. The predicted octanol–water partition coefficient (Wildman–Crippen LogP) is 2.98. The summed E-state index contributed by atoms with van der Waals surface area (Å²) < 4.78 is 1.57. The minimum absolute atomic E-state index is 0.107. The van der Waals surface area contributed by atoms with Crippen LogP contribution in [0.2, 0.25) is 10.0 Å². The number of rotatable bonds is 2. The Morgan fingerprint density at radius 2 is 2.00 bits per heavy atom. The molecule has 4 nitrogen and oxygen atoms in total. The van der Waals surface area contributed by atoms with E-state index in [4.69, 9.17) is 33.7 Å². The summed E-state index contributed by atoms with van der Waals surface area (Å²) in [6, 6.07) is 9.09. The average Bonchev–Trinajstić information content (AvgIpc) is 2.77. The van der Waals surface area contributed by atoms with Gasteiger partial charge in [-0.3, -0.25) is 0 Å². The standard InChI is InChI=1S/C12H6Cl2N4/c13-9-3-1-2-8(12(9)14)6-18-7-17-10(4-15)11(18)5-16/h1-3,7H,6H2. The highest BCUT2D eigenvalue weighted by Crippen LogP contribution is 2.26. The second-order valence-electron chi connectivity index (χ2n) is 3.51. The van der Waals surface area contributed by atoms with Crippen LogP contribution in [-0.4, -0.2) is 9.55 Å². The fourth-order valence-corrected chi connectivity index (χ4v) is 1.94. The van der Waals surface area contributed by atoms with Crippen LogP contribution in [0.25, 0.3) is 0 Å². The number of benzene rings is 1. The fourth-order valence-electron chi connectivity index (χ4n) is 1.56. The van der Waals surface area contributed by atoms with E-state index in [1.165, 1.54) is 6.33 Å². The summed E-state index contributed by atoms with van der Waals surface area (Å²) in [7, 11) is 0. The molecule has 2 rings (SSSR count). The van der Waals surface area contributed by atoms with Crippen molar-refractivity contribution in [2.24, 2.45) is 0 Å². The van der Waals surface area contributed by atoms with Crippen molar-refractivity contribution < 1.29 is 0 Å². The zero-order valence-corrected chi connectivity index (χ0v) is 10.6. The number of nitriles is 2. The highest BCUT2D eigenvalue weighted by atomic mass is 35.5. The molecule has 0 saturated heterocycles. The van der Waals surface area contributed by atoms with Gasteiger partial charge >= 0.3 is 0 Å². The molecule has 0 amide bonds.